The van der Waals surface area contributed by atoms with Crippen molar-refractivity contribution in [3.05, 3.63) is 82.9 Å². The number of non-ortho nitro benzene ring substituents is 1. The van der Waals surface area contributed by atoms with Gasteiger partial charge >= 0.3 is 0 Å². The second kappa shape index (κ2) is 11.3. The van der Waals surface area contributed by atoms with Gasteiger partial charge in [0.1, 0.15) is 5.75 Å². The molecular formula is C23H22N4O4S2. The molecule has 0 fully saturated rings. The van der Waals surface area contributed by atoms with Gasteiger partial charge in [0, 0.05) is 28.4 Å². The normalized spacial score (nSPS) is 11.2. The van der Waals surface area contributed by atoms with Crippen molar-refractivity contribution in [3.8, 4) is 5.75 Å². The third kappa shape index (κ3) is 6.93. The SMILES string of the molecule is COc1ccccc1NC(=S)Nc1cccc(SC(C)C(=O)Nc2ccc([N+](=O)[O-])cc2)c1. The van der Waals surface area contributed by atoms with Crippen LogP contribution in [0.4, 0.5) is 22.7 Å². The number of carbonyl (C=O) groups excluding carboxylic acids is 1. The van der Waals surface area contributed by atoms with E-state index in [0.29, 0.717) is 16.5 Å². The third-order valence-corrected chi connectivity index (χ3v) is 5.77. The summed E-state index contributed by atoms with van der Waals surface area (Å²) >= 11 is 6.79. The second-order valence-corrected chi connectivity index (χ2v) is 8.68. The number of benzene rings is 3. The zero-order valence-corrected chi connectivity index (χ0v) is 19.5. The maximum Gasteiger partial charge on any atom is 0.269 e. The lowest BCUT2D eigenvalue weighted by molar-refractivity contribution is -0.384. The van der Waals surface area contributed by atoms with E-state index >= 15 is 0 Å². The van der Waals surface area contributed by atoms with Gasteiger partial charge in [-0.1, -0.05) is 18.2 Å². The minimum atomic E-state index is -0.483. The van der Waals surface area contributed by atoms with Crippen molar-refractivity contribution in [1.29, 1.82) is 0 Å². The Labute approximate surface area is 200 Å². The number of carbonyl (C=O) groups is 1. The average molecular weight is 483 g/mol. The summed E-state index contributed by atoms with van der Waals surface area (Å²) in [5, 5.41) is 19.8. The number of anilines is 3. The zero-order valence-electron chi connectivity index (χ0n) is 17.9. The number of nitro benzene ring substituents is 1. The van der Waals surface area contributed by atoms with Crippen LogP contribution in [0.1, 0.15) is 6.92 Å². The standard InChI is InChI=1S/C23H22N4O4S2/c1-15(22(28)24-16-10-12-18(13-11-16)27(29)30)33-19-7-5-6-17(14-19)25-23(32)26-20-8-3-4-9-21(20)31-2/h3-15H,1-2H3,(H,24,28)(H2,25,26,32). The van der Waals surface area contributed by atoms with E-state index in [1.54, 1.807) is 14.0 Å². The number of amides is 1. The lowest BCUT2D eigenvalue weighted by Crippen LogP contribution is -2.22. The highest BCUT2D eigenvalue weighted by Crippen LogP contribution is 2.28. The van der Waals surface area contributed by atoms with E-state index < -0.39 is 10.2 Å². The highest BCUT2D eigenvalue weighted by molar-refractivity contribution is 8.00. The van der Waals surface area contributed by atoms with Crippen molar-refractivity contribution >= 4 is 57.7 Å². The summed E-state index contributed by atoms with van der Waals surface area (Å²) in [6.45, 7) is 1.79. The highest BCUT2D eigenvalue weighted by Gasteiger charge is 2.16. The molecule has 1 amide bonds. The number of nitro groups is 1. The number of rotatable bonds is 8. The van der Waals surface area contributed by atoms with Gasteiger partial charge in [-0.15, -0.1) is 11.8 Å². The van der Waals surface area contributed by atoms with Gasteiger partial charge in [0.2, 0.25) is 5.91 Å². The maximum atomic E-state index is 12.5. The quantitative estimate of drug-likeness (QED) is 0.167. The first-order valence-corrected chi connectivity index (χ1v) is 11.2. The van der Waals surface area contributed by atoms with Crippen LogP contribution in [0.2, 0.25) is 0 Å². The second-order valence-electron chi connectivity index (χ2n) is 6.86. The molecule has 0 aromatic heterocycles. The van der Waals surface area contributed by atoms with Crippen LogP contribution in [0.15, 0.2) is 77.7 Å². The third-order valence-electron chi connectivity index (χ3n) is 4.47. The Bertz CT molecular complexity index is 1160. The summed E-state index contributed by atoms with van der Waals surface area (Å²) in [5.41, 5.74) is 1.99. The Balaban J connectivity index is 1.57. The zero-order chi connectivity index (χ0) is 23.8. The van der Waals surface area contributed by atoms with Crippen molar-refractivity contribution < 1.29 is 14.5 Å². The molecule has 8 nitrogen and oxygen atoms in total. The first-order chi connectivity index (χ1) is 15.9. The first kappa shape index (κ1) is 24.0. The molecule has 33 heavy (non-hydrogen) atoms. The van der Waals surface area contributed by atoms with Crippen LogP contribution in [0.5, 0.6) is 5.75 Å². The van der Waals surface area contributed by atoms with Crippen molar-refractivity contribution in [1.82, 2.24) is 0 Å². The van der Waals surface area contributed by atoms with E-state index in [1.165, 1.54) is 36.0 Å². The molecular weight excluding hydrogens is 460 g/mol. The van der Waals surface area contributed by atoms with Crippen molar-refractivity contribution in [3.63, 3.8) is 0 Å². The Kier molecular flexibility index (Phi) is 8.22. The van der Waals surface area contributed by atoms with Gasteiger partial charge in [0.05, 0.1) is 23.0 Å². The molecule has 0 aliphatic carbocycles. The van der Waals surface area contributed by atoms with E-state index in [-0.39, 0.29) is 11.6 Å². The molecule has 0 saturated carbocycles. The number of thioether (sulfide) groups is 1. The lowest BCUT2D eigenvalue weighted by atomic mass is 10.3. The number of nitrogens with one attached hydrogen (secondary N) is 3. The minimum absolute atomic E-state index is 0.0298. The number of methoxy groups -OCH3 is 1. The Morgan fingerprint density at radius 2 is 1.73 bits per heavy atom. The number of para-hydroxylation sites is 2. The Morgan fingerprint density at radius 1 is 1.00 bits per heavy atom. The maximum absolute atomic E-state index is 12.5. The molecule has 3 N–H and O–H groups in total. The molecule has 3 rings (SSSR count). The molecule has 0 saturated heterocycles. The van der Waals surface area contributed by atoms with Crippen LogP contribution >= 0.6 is 24.0 Å². The van der Waals surface area contributed by atoms with Crippen molar-refractivity contribution in [2.24, 2.45) is 0 Å². The lowest BCUT2D eigenvalue weighted by Gasteiger charge is -2.15. The molecule has 0 aliphatic heterocycles. The molecule has 170 valence electrons. The fraction of sp³-hybridized carbons (Fsp3) is 0.130. The molecule has 1 unspecified atom stereocenters. The monoisotopic (exact) mass is 482 g/mol. The van der Waals surface area contributed by atoms with Gasteiger partial charge in [-0.3, -0.25) is 14.9 Å². The van der Waals surface area contributed by atoms with Crippen LogP contribution in [0, 0.1) is 10.1 Å². The summed E-state index contributed by atoms with van der Waals surface area (Å²) < 4.78 is 5.32. The molecule has 0 heterocycles. The average Bonchev–Trinajstić information content (AvgIpc) is 2.80. The first-order valence-electron chi connectivity index (χ1n) is 9.89. The summed E-state index contributed by atoms with van der Waals surface area (Å²) in [7, 11) is 1.59. The smallest absolute Gasteiger partial charge is 0.269 e. The predicted molar refractivity (Wildman–Crippen MR) is 136 cm³/mol. The van der Waals surface area contributed by atoms with Gasteiger partial charge in [0.15, 0.2) is 5.11 Å². The number of ether oxygens (including phenoxy) is 1. The molecule has 0 radical (unpaired) electrons. The largest absolute Gasteiger partial charge is 0.495 e. The van der Waals surface area contributed by atoms with Gasteiger partial charge in [-0.2, -0.15) is 0 Å². The summed E-state index contributed by atoms with van der Waals surface area (Å²) in [5.74, 6) is 0.472. The van der Waals surface area contributed by atoms with E-state index in [9.17, 15) is 14.9 Å². The molecule has 0 spiro atoms. The van der Waals surface area contributed by atoms with Crippen LogP contribution in [0.3, 0.4) is 0 Å². The summed E-state index contributed by atoms with van der Waals surface area (Å²) in [6.07, 6.45) is 0. The molecule has 3 aromatic carbocycles. The number of hydrogen-bond donors (Lipinski definition) is 3. The molecule has 1 atom stereocenters. The van der Waals surface area contributed by atoms with E-state index in [4.69, 9.17) is 17.0 Å². The van der Waals surface area contributed by atoms with Gasteiger partial charge in [-0.05, 0) is 61.6 Å². The highest BCUT2D eigenvalue weighted by atomic mass is 32.2. The molecule has 3 aromatic rings. The van der Waals surface area contributed by atoms with Gasteiger partial charge < -0.3 is 20.7 Å². The van der Waals surface area contributed by atoms with Crippen molar-refractivity contribution in [2.75, 3.05) is 23.1 Å². The number of thiocarbonyl (C=S) groups is 1. The van der Waals surface area contributed by atoms with Crippen LogP contribution in [-0.2, 0) is 4.79 Å². The molecule has 0 bridgehead atoms. The summed E-state index contributed by atoms with van der Waals surface area (Å²) in [4.78, 5) is 23.7. The van der Waals surface area contributed by atoms with Gasteiger partial charge in [0.25, 0.3) is 5.69 Å². The van der Waals surface area contributed by atoms with E-state index in [2.05, 4.69) is 16.0 Å². The van der Waals surface area contributed by atoms with Crippen LogP contribution in [0.25, 0.3) is 0 Å². The van der Waals surface area contributed by atoms with Crippen molar-refractivity contribution in [2.45, 2.75) is 17.1 Å². The molecule has 0 aliphatic rings. The number of nitrogens with zero attached hydrogens (tertiary/aromatic N) is 1. The fourth-order valence-electron chi connectivity index (χ4n) is 2.85. The van der Waals surface area contributed by atoms with Gasteiger partial charge in [-0.25, -0.2) is 0 Å². The van der Waals surface area contributed by atoms with E-state index in [0.717, 1.165) is 16.3 Å². The van der Waals surface area contributed by atoms with E-state index in [1.807, 2.05) is 48.5 Å². The Morgan fingerprint density at radius 3 is 2.42 bits per heavy atom. The molecule has 10 heteroatoms. The van der Waals surface area contributed by atoms with Crippen LogP contribution < -0.4 is 20.7 Å². The predicted octanol–water partition coefficient (Wildman–Crippen LogP) is 5.53. The topological polar surface area (TPSA) is 106 Å². The summed E-state index contributed by atoms with van der Waals surface area (Å²) in [6, 6.07) is 20.7. The Hall–Kier alpha value is -3.63. The van der Waals surface area contributed by atoms with Crippen LogP contribution in [-0.4, -0.2) is 28.3 Å². The fourth-order valence-corrected chi connectivity index (χ4v) is 4.00. The minimum Gasteiger partial charge on any atom is -0.495 e. The number of hydrogen-bond acceptors (Lipinski definition) is 6.